The van der Waals surface area contributed by atoms with Crippen LogP contribution in [0.25, 0.3) is 11.0 Å². The number of benzene rings is 1. The second-order valence-electron chi connectivity index (χ2n) is 9.13. The van der Waals surface area contributed by atoms with Crippen molar-refractivity contribution in [2.45, 2.75) is 38.9 Å². The first-order chi connectivity index (χ1) is 17.9. The third kappa shape index (κ3) is 4.73. The van der Waals surface area contributed by atoms with Gasteiger partial charge in [-0.2, -0.15) is 5.26 Å². The van der Waals surface area contributed by atoms with Gasteiger partial charge in [-0.1, -0.05) is 12.1 Å². The van der Waals surface area contributed by atoms with Crippen LogP contribution in [0.2, 0.25) is 0 Å². The first-order valence-corrected chi connectivity index (χ1v) is 12.9. The maximum absolute atomic E-state index is 13.8. The van der Waals surface area contributed by atoms with E-state index in [1.54, 1.807) is 24.3 Å². The van der Waals surface area contributed by atoms with Gasteiger partial charge in [0.1, 0.15) is 34.2 Å². The van der Waals surface area contributed by atoms with Crippen molar-refractivity contribution in [1.82, 2.24) is 19.1 Å². The van der Waals surface area contributed by atoms with Gasteiger partial charge >= 0.3 is 0 Å². The number of aryl methyl sites for hydroxylation is 1. The molecule has 0 bridgehead atoms. The molecule has 1 saturated heterocycles. The Morgan fingerprint density at radius 1 is 1.38 bits per heavy atom. The summed E-state index contributed by atoms with van der Waals surface area (Å²) in [7, 11) is 1.53. The van der Waals surface area contributed by atoms with Crippen LogP contribution in [0.1, 0.15) is 39.5 Å². The average Bonchev–Trinajstić information content (AvgIpc) is 3.46. The van der Waals surface area contributed by atoms with E-state index in [-0.39, 0.29) is 23.9 Å². The van der Waals surface area contributed by atoms with Gasteiger partial charge in [-0.05, 0) is 31.9 Å². The molecule has 11 heteroatoms. The number of anilines is 1. The fraction of sp³-hybridized carbons (Fsp3) is 0.346. The van der Waals surface area contributed by atoms with E-state index >= 15 is 0 Å². The molecule has 2 N–H and O–H groups in total. The summed E-state index contributed by atoms with van der Waals surface area (Å²) < 4.78 is 8.33. The van der Waals surface area contributed by atoms with Gasteiger partial charge in [-0.25, -0.2) is 9.97 Å². The molecule has 37 heavy (non-hydrogen) atoms. The Morgan fingerprint density at radius 2 is 2.22 bits per heavy atom. The first kappa shape index (κ1) is 24.7. The number of hydrogen-bond donors (Lipinski definition) is 1. The second-order valence-corrected chi connectivity index (χ2v) is 10.2. The molecule has 1 unspecified atom stereocenters. The Kier molecular flexibility index (Phi) is 6.78. The Hall–Kier alpha value is -4.01. The highest BCUT2D eigenvalue weighted by molar-refractivity contribution is 7.09. The molecule has 4 heterocycles. The SMILES string of the molecule is COc1cccc(C(=O)Cn2cnc3c(C#N)c(N4CCCC(N)C4)n(Cc4csc(C)n4)c3c2=O)c1. The molecule has 3 aromatic heterocycles. The Labute approximate surface area is 217 Å². The van der Waals surface area contributed by atoms with E-state index in [9.17, 15) is 14.9 Å². The van der Waals surface area contributed by atoms with Gasteiger partial charge in [-0.3, -0.25) is 14.2 Å². The molecular formula is C26H27N7O3S. The summed E-state index contributed by atoms with van der Waals surface area (Å²) in [4.78, 5) is 38.0. The number of carbonyl (C=O) groups excluding carboxylic acids is 1. The monoisotopic (exact) mass is 517 g/mol. The quantitative estimate of drug-likeness (QED) is 0.370. The molecule has 190 valence electrons. The Bertz CT molecular complexity index is 1580. The van der Waals surface area contributed by atoms with Crippen LogP contribution >= 0.6 is 11.3 Å². The van der Waals surface area contributed by atoms with E-state index in [2.05, 4.69) is 20.9 Å². The zero-order valence-electron chi connectivity index (χ0n) is 20.7. The minimum atomic E-state index is -0.391. The lowest BCUT2D eigenvalue weighted by Gasteiger charge is -2.33. The maximum atomic E-state index is 13.8. The Morgan fingerprint density at radius 3 is 2.92 bits per heavy atom. The smallest absolute Gasteiger partial charge is 0.278 e. The highest BCUT2D eigenvalue weighted by Gasteiger charge is 2.29. The van der Waals surface area contributed by atoms with Crippen molar-refractivity contribution < 1.29 is 9.53 Å². The van der Waals surface area contributed by atoms with Crippen LogP contribution in [0, 0.1) is 18.3 Å². The summed E-state index contributed by atoms with van der Waals surface area (Å²) in [5.41, 5.74) is 8.02. The molecule has 1 atom stereocenters. The number of carbonyl (C=O) groups is 1. The van der Waals surface area contributed by atoms with E-state index in [1.807, 2.05) is 16.9 Å². The van der Waals surface area contributed by atoms with Crippen molar-refractivity contribution in [1.29, 1.82) is 5.26 Å². The van der Waals surface area contributed by atoms with Gasteiger partial charge in [0.25, 0.3) is 5.56 Å². The summed E-state index contributed by atoms with van der Waals surface area (Å²) in [5, 5.41) is 13.0. The Balaban J connectivity index is 1.64. The normalized spacial score (nSPS) is 15.6. The van der Waals surface area contributed by atoms with Crippen LogP contribution in [0.4, 0.5) is 5.82 Å². The zero-order chi connectivity index (χ0) is 26.1. The molecule has 1 fully saturated rings. The van der Waals surface area contributed by atoms with Crippen molar-refractivity contribution in [3.63, 3.8) is 0 Å². The lowest BCUT2D eigenvalue weighted by Crippen LogP contribution is -2.44. The molecule has 0 aliphatic carbocycles. The molecule has 4 aromatic rings. The fourth-order valence-electron chi connectivity index (χ4n) is 4.84. The molecule has 5 rings (SSSR count). The number of rotatable bonds is 7. The summed E-state index contributed by atoms with van der Waals surface area (Å²) in [6.45, 7) is 3.32. The van der Waals surface area contributed by atoms with Crippen LogP contribution in [0.3, 0.4) is 0 Å². The molecule has 0 radical (unpaired) electrons. The number of fused-ring (bicyclic) bond motifs is 1. The van der Waals surface area contributed by atoms with Gasteiger partial charge in [0.2, 0.25) is 0 Å². The highest BCUT2D eigenvalue weighted by atomic mass is 32.1. The largest absolute Gasteiger partial charge is 0.497 e. The van der Waals surface area contributed by atoms with Gasteiger partial charge in [0, 0.05) is 30.1 Å². The number of Topliss-reactive ketones (excluding diaryl/α,β-unsaturated/α-hetero) is 1. The summed E-state index contributed by atoms with van der Waals surface area (Å²) in [6.07, 6.45) is 3.13. The van der Waals surface area contributed by atoms with Crippen molar-refractivity contribution in [3.8, 4) is 11.8 Å². The van der Waals surface area contributed by atoms with E-state index in [4.69, 9.17) is 10.5 Å². The molecule has 0 spiro atoms. The third-order valence-electron chi connectivity index (χ3n) is 6.56. The molecule has 1 aliphatic heterocycles. The number of methoxy groups -OCH3 is 1. The minimum Gasteiger partial charge on any atom is -0.497 e. The number of nitrogens with two attached hydrogens (primary N) is 1. The third-order valence-corrected chi connectivity index (χ3v) is 7.38. The van der Waals surface area contributed by atoms with Crippen molar-refractivity contribution >= 4 is 34.0 Å². The molecular weight excluding hydrogens is 490 g/mol. The first-order valence-electron chi connectivity index (χ1n) is 12.0. The van der Waals surface area contributed by atoms with Gasteiger partial charge in [0.15, 0.2) is 5.78 Å². The zero-order valence-corrected chi connectivity index (χ0v) is 21.5. The van der Waals surface area contributed by atoms with E-state index in [0.717, 1.165) is 30.1 Å². The maximum Gasteiger partial charge on any atom is 0.278 e. The van der Waals surface area contributed by atoms with E-state index in [0.29, 0.717) is 41.3 Å². The lowest BCUT2D eigenvalue weighted by atomic mass is 10.1. The molecule has 10 nitrogen and oxygen atoms in total. The number of aromatic nitrogens is 4. The summed E-state index contributed by atoms with van der Waals surface area (Å²) >= 11 is 1.52. The average molecular weight is 518 g/mol. The summed E-state index contributed by atoms with van der Waals surface area (Å²) in [6, 6.07) is 9.04. The number of nitriles is 1. The van der Waals surface area contributed by atoms with Crippen LogP contribution < -0.4 is 20.9 Å². The predicted octanol–water partition coefficient (Wildman–Crippen LogP) is 2.70. The van der Waals surface area contributed by atoms with Gasteiger partial charge in [0.05, 0.1) is 37.2 Å². The van der Waals surface area contributed by atoms with Crippen molar-refractivity contribution in [3.05, 3.63) is 68.2 Å². The van der Waals surface area contributed by atoms with Crippen molar-refractivity contribution in [2.24, 2.45) is 5.73 Å². The standard InChI is InChI=1S/C26H27N7O3S/c1-16-30-19(14-37-16)12-33-24-23(21(10-27)25(33)31-8-4-6-18(28)11-31)29-15-32(26(24)35)13-22(34)17-5-3-7-20(9-17)36-2/h3,5,7,9,14-15,18H,4,6,8,11-13,28H2,1-2H3. The number of piperidine rings is 1. The lowest BCUT2D eigenvalue weighted by molar-refractivity contribution is 0.0970. The van der Waals surface area contributed by atoms with Crippen LogP contribution in [-0.2, 0) is 13.1 Å². The highest BCUT2D eigenvalue weighted by Crippen LogP contribution is 2.32. The molecule has 1 aromatic carbocycles. The van der Waals surface area contributed by atoms with E-state index in [1.165, 1.54) is 29.3 Å². The number of ketones is 1. The molecule has 1 aliphatic rings. The number of hydrogen-bond acceptors (Lipinski definition) is 9. The minimum absolute atomic E-state index is 0.0293. The van der Waals surface area contributed by atoms with Gasteiger partial charge in [-0.15, -0.1) is 11.3 Å². The second kappa shape index (κ2) is 10.2. The topological polar surface area (TPSA) is 132 Å². The predicted molar refractivity (Wildman–Crippen MR) is 141 cm³/mol. The van der Waals surface area contributed by atoms with Crippen LogP contribution in [0.5, 0.6) is 5.75 Å². The fourth-order valence-corrected chi connectivity index (χ4v) is 5.44. The van der Waals surface area contributed by atoms with Gasteiger partial charge < -0.3 is 19.9 Å². The van der Waals surface area contributed by atoms with Crippen LogP contribution in [0.15, 0.2) is 40.8 Å². The number of nitrogens with zero attached hydrogens (tertiary/aromatic N) is 6. The number of ether oxygens (including phenoxy) is 1. The summed E-state index contributed by atoms with van der Waals surface area (Å²) in [5.74, 6) is 0.931. The van der Waals surface area contributed by atoms with Crippen molar-refractivity contribution in [2.75, 3.05) is 25.1 Å². The van der Waals surface area contributed by atoms with Crippen LogP contribution in [-0.4, -0.2) is 51.1 Å². The van der Waals surface area contributed by atoms with E-state index < -0.39 is 5.56 Å². The molecule has 0 saturated carbocycles. The number of thiazole rings is 1. The molecule has 0 amide bonds.